The quantitative estimate of drug-likeness (QED) is 0.663. The van der Waals surface area contributed by atoms with E-state index in [1.165, 1.54) is 0 Å². The van der Waals surface area contributed by atoms with E-state index >= 15 is 0 Å². The molecule has 1 amide bonds. The second kappa shape index (κ2) is 3.38. The molecule has 0 spiro atoms. The van der Waals surface area contributed by atoms with Crippen LogP contribution in [-0.2, 0) is 11.2 Å². The van der Waals surface area contributed by atoms with Crippen molar-refractivity contribution < 1.29 is 4.79 Å². The van der Waals surface area contributed by atoms with E-state index in [0.717, 1.165) is 28.7 Å². The van der Waals surface area contributed by atoms with Crippen LogP contribution >= 0.6 is 11.8 Å². The van der Waals surface area contributed by atoms with E-state index in [9.17, 15) is 4.79 Å². The van der Waals surface area contributed by atoms with Crippen LogP contribution in [-0.4, -0.2) is 23.4 Å². The Hall–Kier alpha value is -1.29. The van der Waals surface area contributed by atoms with E-state index in [0.29, 0.717) is 6.42 Å². The number of hydrogen-bond acceptors (Lipinski definition) is 3. The topological polar surface area (TPSA) is 32.7 Å². The Kier molecular flexibility index (Phi) is 2.02. The predicted octanol–water partition coefficient (Wildman–Crippen LogP) is 1.68. The summed E-state index contributed by atoms with van der Waals surface area (Å²) in [6.07, 6.45) is 0.510. The third-order valence-corrected chi connectivity index (χ3v) is 3.54. The molecule has 2 heterocycles. The molecule has 0 aliphatic carbocycles. The Labute approximate surface area is 92.2 Å². The van der Waals surface area contributed by atoms with E-state index in [2.05, 4.69) is 4.99 Å². The standard InChI is InChI=1S/C11H10N2OS/c14-10-7-8-3-1-2-4-9(8)13(10)11-12-5-6-15-11/h1-4H,5-7H2. The number of rotatable bonds is 0. The number of fused-ring (bicyclic) bond motifs is 1. The summed E-state index contributed by atoms with van der Waals surface area (Å²) in [6, 6.07) is 7.93. The van der Waals surface area contributed by atoms with Crippen molar-refractivity contribution in [2.24, 2.45) is 4.99 Å². The van der Waals surface area contributed by atoms with Crippen LogP contribution in [0.3, 0.4) is 0 Å². The van der Waals surface area contributed by atoms with Gasteiger partial charge in [0.1, 0.15) is 0 Å². The van der Waals surface area contributed by atoms with Gasteiger partial charge in [-0.3, -0.25) is 14.7 Å². The first-order valence-electron chi connectivity index (χ1n) is 4.94. The fourth-order valence-electron chi connectivity index (χ4n) is 1.92. The van der Waals surface area contributed by atoms with E-state index < -0.39 is 0 Å². The highest BCUT2D eigenvalue weighted by Gasteiger charge is 2.31. The van der Waals surface area contributed by atoms with Gasteiger partial charge in [0.2, 0.25) is 5.91 Å². The molecule has 0 atom stereocenters. The van der Waals surface area contributed by atoms with Crippen LogP contribution in [0.4, 0.5) is 5.69 Å². The van der Waals surface area contributed by atoms with Gasteiger partial charge in [-0.1, -0.05) is 30.0 Å². The molecule has 4 heteroatoms. The van der Waals surface area contributed by atoms with Gasteiger partial charge < -0.3 is 0 Å². The zero-order valence-corrected chi connectivity index (χ0v) is 8.96. The molecule has 0 unspecified atom stereocenters. The lowest BCUT2D eigenvalue weighted by molar-refractivity contribution is -0.116. The van der Waals surface area contributed by atoms with Crippen molar-refractivity contribution >= 4 is 28.5 Å². The zero-order valence-electron chi connectivity index (χ0n) is 8.14. The van der Waals surface area contributed by atoms with Crippen molar-refractivity contribution in [3.05, 3.63) is 29.8 Å². The van der Waals surface area contributed by atoms with Gasteiger partial charge in [-0.05, 0) is 11.6 Å². The molecule has 3 nitrogen and oxygen atoms in total. The van der Waals surface area contributed by atoms with Crippen LogP contribution in [0.5, 0.6) is 0 Å². The van der Waals surface area contributed by atoms with Gasteiger partial charge in [-0.25, -0.2) is 0 Å². The molecule has 0 fully saturated rings. The van der Waals surface area contributed by atoms with Crippen molar-refractivity contribution in [3.63, 3.8) is 0 Å². The fourth-order valence-corrected chi connectivity index (χ4v) is 2.80. The Morgan fingerprint density at radius 2 is 2.20 bits per heavy atom. The number of aliphatic imine (C=N–C) groups is 1. The molecular formula is C11H10N2OS. The maximum Gasteiger partial charge on any atom is 0.237 e. The summed E-state index contributed by atoms with van der Waals surface area (Å²) in [5.74, 6) is 1.13. The molecule has 1 aromatic carbocycles. The molecule has 3 rings (SSSR count). The highest BCUT2D eigenvalue weighted by Crippen LogP contribution is 2.32. The van der Waals surface area contributed by atoms with E-state index in [1.807, 2.05) is 24.3 Å². The third-order valence-electron chi connectivity index (χ3n) is 2.58. The minimum absolute atomic E-state index is 0.143. The smallest absolute Gasteiger partial charge is 0.237 e. The summed E-state index contributed by atoms with van der Waals surface area (Å²) in [4.78, 5) is 18.0. The predicted molar refractivity (Wildman–Crippen MR) is 62.4 cm³/mol. The summed E-state index contributed by atoms with van der Waals surface area (Å²) < 4.78 is 0. The monoisotopic (exact) mass is 218 g/mol. The van der Waals surface area contributed by atoms with Crippen LogP contribution in [0.2, 0.25) is 0 Å². The van der Waals surface area contributed by atoms with Gasteiger partial charge in [-0.2, -0.15) is 0 Å². The van der Waals surface area contributed by atoms with Crippen LogP contribution in [0.25, 0.3) is 0 Å². The van der Waals surface area contributed by atoms with Crippen molar-refractivity contribution in [3.8, 4) is 0 Å². The lowest BCUT2D eigenvalue weighted by Gasteiger charge is -2.15. The normalized spacial score (nSPS) is 19.3. The third kappa shape index (κ3) is 1.36. The second-order valence-electron chi connectivity index (χ2n) is 3.55. The van der Waals surface area contributed by atoms with Crippen molar-refractivity contribution in [1.29, 1.82) is 0 Å². The first-order chi connectivity index (χ1) is 7.36. The summed E-state index contributed by atoms with van der Waals surface area (Å²) in [7, 11) is 0. The van der Waals surface area contributed by atoms with E-state index in [-0.39, 0.29) is 5.91 Å². The largest absolute Gasteiger partial charge is 0.274 e. The number of nitrogens with zero attached hydrogens (tertiary/aromatic N) is 2. The average molecular weight is 218 g/mol. The molecule has 0 N–H and O–H groups in total. The van der Waals surface area contributed by atoms with Gasteiger partial charge >= 0.3 is 0 Å². The Morgan fingerprint density at radius 1 is 1.33 bits per heavy atom. The van der Waals surface area contributed by atoms with Gasteiger partial charge in [0.25, 0.3) is 0 Å². The van der Waals surface area contributed by atoms with Crippen LogP contribution in [0, 0.1) is 0 Å². The van der Waals surface area contributed by atoms with Crippen molar-refractivity contribution in [2.75, 3.05) is 17.2 Å². The molecule has 2 aliphatic heterocycles. The summed E-state index contributed by atoms with van der Waals surface area (Å²) >= 11 is 1.66. The lowest BCUT2D eigenvalue weighted by atomic mass is 10.2. The van der Waals surface area contributed by atoms with Crippen LogP contribution < -0.4 is 4.90 Å². The number of amidine groups is 1. The van der Waals surface area contributed by atoms with Gasteiger partial charge in [0, 0.05) is 5.75 Å². The molecule has 0 saturated heterocycles. The molecule has 0 radical (unpaired) electrons. The number of amides is 1. The van der Waals surface area contributed by atoms with Gasteiger partial charge in [0.15, 0.2) is 5.17 Å². The number of anilines is 1. The van der Waals surface area contributed by atoms with Crippen LogP contribution in [0.15, 0.2) is 29.3 Å². The molecule has 0 bridgehead atoms. The number of thioether (sulfide) groups is 1. The van der Waals surface area contributed by atoms with Gasteiger partial charge in [0.05, 0.1) is 18.7 Å². The van der Waals surface area contributed by atoms with E-state index in [4.69, 9.17) is 0 Å². The van der Waals surface area contributed by atoms with Gasteiger partial charge in [-0.15, -0.1) is 0 Å². The fraction of sp³-hybridized carbons (Fsp3) is 0.273. The minimum atomic E-state index is 0.143. The number of benzene rings is 1. The minimum Gasteiger partial charge on any atom is -0.274 e. The highest BCUT2D eigenvalue weighted by atomic mass is 32.2. The number of carbonyl (C=O) groups excluding carboxylic acids is 1. The molecule has 1 aromatic rings. The number of para-hydroxylation sites is 1. The molecule has 0 saturated carbocycles. The average Bonchev–Trinajstić information content (AvgIpc) is 2.82. The zero-order chi connectivity index (χ0) is 10.3. The summed E-state index contributed by atoms with van der Waals surface area (Å²) in [5.41, 5.74) is 2.12. The lowest BCUT2D eigenvalue weighted by Crippen LogP contribution is -2.30. The van der Waals surface area contributed by atoms with Crippen LogP contribution in [0.1, 0.15) is 5.56 Å². The first kappa shape index (κ1) is 8.97. The first-order valence-corrected chi connectivity index (χ1v) is 5.93. The Balaban J connectivity index is 2.05. The maximum atomic E-state index is 11.9. The number of carbonyl (C=O) groups is 1. The molecular weight excluding hydrogens is 208 g/mol. The Morgan fingerprint density at radius 3 is 3.00 bits per heavy atom. The SMILES string of the molecule is O=C1Cc2ccccc2N1C1=NCCS1. The summed E-state index contributed by atoms with van der Waals surface area (Å²) in [5, 5.41) is 0.866. The second-order valence-corrected chi connectivity index (χ2v) is 4.61. The van der Waals surface area contributed by atoms with Crippen molar-refractivity contribution in [1.82, 2.24) is 0 Å². The van der Waals surface area contributed by atoms with E-state index in [1.54, 1.807) is 16.7 Å². The molecule has 76 valence electrons. The maximum absolute atomic E-state index is 11.9. The summed E-state index contributed by atoms with van der Waals surface area (Å²) in [6.45, 7) is 0.825. The molecule has 0 aromatic heterocycles. The van der Waals surface area contributed by atoms with Crippen molar-refractivity contribution in [2.45, 2.75) is 6.42 Å². The molecule has 2 aliphatic rings. The number of hydrogen-bond donors (Lipinski definition) is 0. The molecule has 15 heavy (non-hydrogen) atoms. The highest BCUT2D eigenvalue weighted by molar-refractivity contribution is 8.14. The Bertz CT molecular complexity index is 456.